The summed E-state index contributed by atoms with van der Waals surface area (Å²) < 4.78 is 41.7. The smallest absolute Gasteiger partial charge is 0.435 e. The normalized spacial score (nSPS) is 18.2. The number of alkyl halides is 3. The lowest BCUT2D eigenvalue weighted by molar-refractivity contribution is -0.146. The number of hydrogen-bond donors (Lipinski definition) is 1. The number of carbonyl (C=O) groups is 2. The number of para-hydroxylation sites is 1. The van der Waals surface area contributed by atoms with Crippen molar-refractivity contribution in [3.63, 3.8) is 0 Å². The Morgan fingerprint density at radius 1 is 0.952 bits per heavy atom. The van der Waals surface area contributed by atoms with Crippen LogP contribution < -0.4 is 0 Å². The third kappa shape index (κ3) is 6.68. The predicted molar refractivity (Wildman–Crippen MR) is 155 cm³/mol. The number of aromatic nitrogens is 2. The summed E-state index contributed by atoms with van der Waals surface area (Å²) in [7, 11) is 0. The molecule has 2 heterocycles. The van der Waals surface area contributed by atoms with Gasteiger partial charge in [-0.3, -0.25) is 9.59 Å². The summed E-state index contributed by atoms with van der Waals surface area (Å²) >= 11 is 12.6. The number of aliphatic carboxylic acids is 1. The van der Waals surface area contributed by atoms with Gasteiger partial charge in [-0.2, -0.15) is 18.3 Å². The van der Waals surface area contributed by atoms with E-state index in [1.807, 2.05) is 24.3 Å². The van der Waals surface area contributed by atoms with Gasteiger partial charge in [0.05, 0.1) is 16.0 Å². The molecule has 0 radical (unpaired) electrons. The van der Waals surface area contributed by atoms with Gasteiger partial charge < -0.3 is 10.0 Å². The first-order chi connectivity index (χ1) is 20.0. The zero-order valence-corrected chi connectivity index (χ0v) is 24.2. The highest BCUT2D eigenvalue weighted by atomic mass is 35.5. The third-order valence-corrected chi connectivity index (χ3v) is 8.74. The van der Waals surface area contributed by atoms with Crippen LogP contribution in [-0.2, 0) is 28.6 Å². The second-order valence-electron chi connectivity index (χ2n) is 10.8. The summed E-state index contributed by atoms with van der Waals surface area (Å²) in [5.41, 5.74) is 2.73. The maximum atomic E-state index is 13.5. The van der Waals surface area contributed by atoms with Gasteiger partial charge in [0, 0.05) is 24.7 Å². The number of allylic oxidation sites excluding steroid dienone is 2. The van der Waals surface area contributed by atoms with E-state index in [2.05, 4.69) is 11.2 Å². The van der Waals surface area contributed by atoms with Gasteiger partial charge in [-0.25, -0.2) is 4.68 Å². The molecule has 222 valence electrons. The van der Waals surface area contributed by atoms with Crippen molar-refractivity contribution in [1.82, 2.24) is 14.7 Å². The highest BCUT2D eigenvalue weighted by Gasteiger charge is 2.35. The molecule has 2 aliphatic rings. The molecule has 1 unspecified atom stereocenters. The zero-order chi connectivity index (χ0) is 30.0. The lowest BCUT2D eigenvalue weighted by Crippen LogP contribution is -2.43. The monoisotopic (exact) mass is 619 g/mol. The summed E-state index contributed by atoms with van der Waals surface area (Å²) in [5, 5.41) is 13.4. The van der Waals surface area contributed by atoms with E-state index in [1.165, 1.54) is 4.68 Å². The fourth-order valence-corrected chi connectivity index (χ4v) is 6.26. The molecule has 1 N–H and O–H groups in total. The minimum atomic E-state index is -4.61. The minimum absolute atomic E-state index is 0.0903. The average molecular weight is 620 g/mol. The number of benzene rings is 2. The quantitative estimate of drug-likeness (QED) is 0.297. The molecule has 11 heteroatoms. The van der Waals surface area contributed by atoms with Gasteiger partial charge in [-0.15, -0.1) is 0 Å². The zero-order valence-electron chi connectivity index (χ0n) is 22.7. The molecular weight excluding hydrogens is 590 g/mol. The first-order valence-electron chi connectivity index (χ1n) is 13.9. The minimum Gasteiger partial charge on any atom is -0.481 e. The Hall–Kier alpha value is -3.30. The molecule has 6 nitrogen and oxygen atoms in total. The molecule has 0 spiro atoms. The number of carboxylic acid groups (broad SMARTS) is 1. The fraction of sp³-hybridized carbons (Fsp3) is 0.387. The molecule has 2 aromatic carbocycles. The summed E-state index contributed by atoms with van der Waals surface area (Å²) in [6, 6.07) is 13.7. The Labute approximate surface area is 251 Å². The molecule has 1 aliphatic carbocycles. The number of likely N-dealkylation sites (tertiary alicyclic amines) is 1. The number of aryl methyl sites for hydroxylation is 2. The van der Waals surface area contributed by atoms with Crippen LogP contribution >= 0.6 is 23.2 Å². The number of amides is 1. The molecule has 1 amide bonds. The molecule has 1 saturated heterocycles. The number of hydrogen-bond acceptors (Lipinski definition) is 3. The van der Waals surface area contributed by atoms with Crippen LogP contribution in [0.5, 0.6) is 0 Å². The lowest BCUT2D eigenvalue weighted by Gasteiger charge is -2.33. The van der Waals surface area contributed by atoms with E-state index in [4.69, 9.17) is 23.2 Å². The van der Waals surface area contributed by atoms with Gasteiger partial charge in [-0.1, -0.05) is 59.6 Å². The maximum absolute atomic E-state index is 13.5. The van der Waals surface area contributed by atoms with Crippen LogP contribution in [0.15, 0.2) is 54.6 Å². The second kappa shape index (κ2) is 12.5. The van der Waals surface area contributed by atoms with Crippen LogP contribution in [0.1, 0.15) is 54.6 Å². The second-order valence-corrected chi connectivity index (χ2v) is 11.7. The van der Waals surface area contributed by atoms with Crippen molar-refractivity contribution in [3.05, 3.63) is 87.2 Å². The van der Waals surface area contributed by atoms with Crippen LogP contribution in [0.25, 0.3) is 11.3 Å². The van der Waals surface area contributed by atoms with Crippen LogP contribution in [0.2, 0.25) is 10.0 Å². The summed E-state index contributed by atoms with van der Waals surface area (Å²) in [5.74, 6) is -1.14. The maximum Gasteiger partial charge on any atom is 0.435 e. The molecule has 42 heavy (non-hydrogen) atoms. The number of carbonyl (C=O) groups excluding carboxylic acids is 1. The van der Waals surface area contributed by atoms with Crippen molar-refractivity contribution in [2.75, 3.05) is 13.1 Å². The fourth-order valence-electron chi connectivity index (χ4n) is 5.70. The van der Waals surface area contributed by atoms with Gasteiger partial charge in [0.25, 0.3) is 0 Å². The highest BCUT2D eigenvalue weighted by Crippen LogP contribution is 2.35. The Bertz CT molecular complexity index is 1470. The van der Waals surface area contributed by atoms with Crippen LogP contribution in [0.4, 0.5) is 13.2 Å². The molecule has 3 aromatic rings. The van der Waals surface area contributed by atoms with E-state index in [-0.39, 0.29) is 33.5 Å². The molecule has 1 aromatic heterocycles. The Morgan fingerprint density at radius 2 is 1.62 bits per heavy atom. The van der Waals surface area contributed by atoms with Gasteiger partial charge in [0.1, 0.15) is 5.69 Å². The number of rotatable bonds is 7. The molecule has 1 fully saturated rings. The van der Waals surface area contributed by atoms with Crippen molar-refractivity contribution in [2.45, 2.75) is 51.1 Å². The largest absolute Gasteiger partial charge is 0.481 e. The van der Waals surface area contributed by atoms with E-state index >= 15 is 0 Å². The van der Waals surface area contributed by atoms with Crippen LogP contribution in [-0.4, -0.2) is 44.8 Å². The van der Waals surface area contributed by atoms with E-state index in [1.54, 1.807) is 23.1 Å². The first-order valence-corrected chi connectivity index (χ1v) is 14.7. The van der Waals surface area contributed by atoms with E-state index in [0.717, 1.165) is 35.6 Å². The highest BCUT2D eigenvalue weighted by molar-refractivity contribution is 6.37. The number of carboxylic acids is 1. The molecule has 1 atom stereocenters. The van der Waals surface area contributed by atoms with Gasteiger partial charge >= 0.3 is 12.1 Å². The summed E-state index contributed by atoms with van der Waals surface area (Å²) in [6.07, 6.45) is 1.42. The Kier molecular flexibility index (Phi) is 8.99. The third-order valence-electron chi connectivity index (χ3n) is 8.13. The van der Waals surface area contributed by atoms with Crippen LogP contribution in [0.3, 0.4) is 0 Å². The predicted octanol–water partition coefficient (Wildman–Crippen LogP) is 7.49. The lowest BCUT2D eigenvalue weighted by atomic mass is 9.85. The van der Waals surface area contributed by atoms with Crippen LogP contribution in [0, 0.1) is 11.8 Å². The SMILES string of the molecule is O=C(O)C1CCN(C(=O)C2CC=C(c3ccc(CCc4cc(C(F)(F)F)nn4-c4c(Cl)cccc4Cl)cc3)CC2)CC1. The standard InChI is InChI=1S/C31H30Cl2F3N3O3/c32-25-2-1-3-26(33)28(25)39-24(18-27(37-39)31(34,35)36)13-6-19-4-7-20(8-5-19)21-9-11-22(12-10-21)29(40)38-16-14-23(15-17-38)30(41)42/h1-5,7-9,18,22-23H,6,10-17H2,(H,41,42). The Morgan fingerprint density at radius 3 is 2.19 bits per heavy atom. The number of nitrogens with zero attached hydrogens (tertiary/aromatic N) is 3. The van der Waals surface area contributed by atoms with E-state index < -0.39 is 17.8 Å². The molecule has 1 aliphatic heterocycles. The van der Waals surface area contributed by atoms with Gasteiger partial charge in [0.2, 0.25) is 5.91 Å². The molecule has 5 rings (SSSR count). The van der Waals surface area contributed by atoms with Crippen molar-refractivity contribution < 1.29 is 27.9 Å². The first kappa shape index (κ1) is 30.2. The van der Waals surface area contributed by atoms with Crippen molar-refractivity contribution >= 4 is 40.7 Å². The number of halogens is 5. The summed E-state index contributed by atoms with van der Waals surface area (Å²) in [4.78, 5) is 26.0. The molecular formula is C31H30Cl2F3N3O3. The van der Waals surface area contributed by atoms with E-state index in [0.29, 0.717) is 50.9 Å². The topological polar surface area (TPSA) is 75.4 Å². The number of piperidine rings is 1. The Balaban J connectivity index is 1.22. The molecule has 0 saturated carbocycles. The van der Waals surface area contributed by atoms with Gasteiger partial charge in [-0.05, 0) is 79.8 Å². The summed E-state index contributed by atoms with van der Waals surface area (Å²) in [6.45, 7) is 0.988. The van der Waals surface area contributed by atoms with Crippen molar-refractivity contribution in [2.24, 2.45) is 11.8 Å². The van der Waals surface area contributed by atoms with Crippen molar-refractivity contribution in [1.29, 1.82) is 0 Å². The van der Waals surface area contributed by atoms with Crippen molar-refractivity contribution in [3.8, 4) is 5.69 Å². The van der Waals surface area contributed by atoms with E-state index in [9.17, 15) is 27.9 Å². The molecule has 0 bridgehead atoms. The van der Waals surface area contributed by atoms with Gasteiger partial charge in [0.15, 0.2) is 5.69 Å². The average Bonchev–Trinajstić information content (AvgIpc) is 3.40.